The maximum Gasteiger partial charge on any atom is 0.325 e. The van der Waals surface area contributed by atoms with Gasteiger partial charge in [0.25, 0.3) is 5.91 Å². The normalized spacial score (nSPS) is 19.1. The predicted octanol–water partition coefficient (Wildman–Crippen LogP) is 0.678. The molecule has 26 heavy (non-hydrogen) atoms. The summed E-state index contributed by atoms with van der Waals surface area (Å²) in [7, 11) is -3.96. The van der Waals surface area contributed by atoms with E-state index in [4.69, 9.17) is 9.26 Å². The van der Waals surface area contributed by atoms with Crippen LogP contribution in [0.3, 0.4) is 0 Å². The van der Waals surface area contributed by atoms with Crippen LogP contribution in [-0.2, 0) is 24.3 Å². The molecule has 2 heterocycles. The van der Waals surface area contributed by atoms with Crippen LogP contribution in [0.4, 0.5) is 0 Å². The van der Waals surface area contributed by atoms with Crippen LogP contribution in [0.2, 0.25) is 0 Å². The van der Waals surface area contributed by atoms with Crippen LogP contribution in [0.25, 0.3) is 0 Å². The molecule has 1 N–H and O–H groups in total. The van der Waals surface area contributed by atoms with E-state index in [2.05, 4.69) is 17.1 Å². The average Bonchev–Trinajstić information content (AvgIpc) is 3.19. The zero-order valence-corrected chi connectivity index (χ0v) is 15.8. The van der Waals surface area contributed by atoms with Crippen molar-refractivity contribution in [2.75, 3.05) is 13.1 Å². The second-order valence-electron chi connectivity index (χ2n) is 6.04. The standard InChI is InChI=1S/C16H23N3O6S/c1-5-8-17-15(20)12(4)24-16(21)13-7-6-9-19(13)26(22,23)14-10(2)18-25-11(14)3/h5,12-13H,1,6-9H2,2-4H3,(H,17,20)/t12-,13-/m0/s1. The van der Waals surface area contributed by atoms with Crippen LogP contribution in [0.5, 0.6) is 0 Å². The lowest BCUT2D eigenvalue weighted by Gasteiger charge is -2.23. The Morgan fingerprint density at radius 2 is 2.19 bits per heavy atom. The molecular formula is C16H23N3O6S. The second kappa shape index (κ2) is 8.00. The predicted molar refractivity (Wildman–Crippen MR) is 91.7 cm³/mol. The molecular weight excluding hydrogens is 362 g/mol. The number of hydrogen-bond donors (Lipinski definition) is 1. The number of aryl methyl sites for hydroxylation is 2. The number of hydrogen-bond acceptors (Lipinski definition) is 7. The fourth-order valence-corrected chi connectivity index (χ4v) is 4.79. The third kappa shape index (κ3) is 3.96. The maximum absolute atomic E-state index is 12.9. The SMILES string of the molecule is C=CCNC(=O)[C@H](C)OC(=O)[C@@H]1CCCN1S(=O)(=O)c1c(C)noc1C. The number of carbonyl (C=O) groups is 2. The summed E-state index contributed by atoms with van der Waals surface area (Å²) in [6.45, 7) is 8.37. The zero-order valence-electron chi connectivity index (χ0n) is 15.0. The van der Waals surface area contributed by atoms with Crippen molar-refractivity contribution in [3.8, 4) is 0 Å². The van der Waals surface area contributed by atoms with Crippen LogP contribution in [-0.4, -0.2) is 55.0 Å². The number of carbonyl (C=O) groups excluding carboxylic acids is 2. The Hall–Kier alpha value is -2.20. The fraction of sp³-hybridized carbons (Fsp3) is 0.562. The number of amides is 1. The lowest BCUT2D eigenvalue weighted by molar-refractivity contribution is -0.157. The van der Waals surface area contributed by atoms with Crippen LogP contribution in [0.15, 0.2) is 22.1 Å². The first-order valence-corrected chi connectivity index (χ1v) is 9.68. The van der Waals surface area contributed by atoms with E-state index in [0.29, 0.717) is 12.8 Å². The topological polar surface area (TPSA) is 119 Å². The minimum Gasteiger partial charge on any atom is -0.451 e. The Kier molecular flexibility index (Phi) is 6.19. The highest BCUT2D eigenvalue weighted by atomic mass is 32.2. The minimum atomic E-state index is -3.96. The molecule has 1 aromatic rings. The van der Waals surface area contributed by atoms with E-state index < -0.39 is 34.0 Å². The molecule has 0 unspecified atom stereocenters. The maximum atomic E-state index is 12.9. The summed E-state index contributed by atoms with van der Waals surface area (Å²) < 4.78 is 37.1. The van der Waals surface area contributed by atoms with Crippen molar-refractivity contribution in [3.63, 3.8) is 0 Å². The molecule has 0 radical (unpaired) electrons. The number of nitrogens with one attached hydrogen (secondary N) is 1. The largest absolute Gasteiger partial charge is 0.451 e. The molecule has 0 aliphatic carbocycles. The third-order valence-electron chi connectivity index (χ3n) is 4.09. The molecule has 2 rings (SSSR count). The summed E-state index contributed by atoms with van der Waals surface area (Å²) in [6, 6.07) is -0.983. The van der Waals surface area contributed by atoms with E-state index in [1.165, 1.54) is 26.8 Å². The van der Waals surface area contributed by atoms with Crippen molar-refractivity contribution in [1.29, 1.82) is 0 Å². The molecule has 2 atom stereocenters. The number of rotatable bonds is 7. The van der Waals surface area contributed by atoms with Crippen molar-refractivity contribution in [2.24, 2.45) is 0 Å². The van der Waals surface area contributed by atoms with Gasteiger partial charge in [-0.15, -0.1) is 6.58 Å². The molecule has 1 aliphatic heterocycles. The molecule has 144 valence electrons. The van der Waals surface area contributed by atoms with Gasteiger partial charge in [0, 0.05) is 13.1 Å². The first-order chi connectivity index (χ1) is 12.2. The molecule has 9 nitrogen and oxygen atoms in total. The van der Waals surface area contributed by atoms with E-state index >= 15 is 0 Å². The van der Waals surface area contributed by atoms with Gasteiger partial charge in [-0.25, -0.2) is 8.42 Å². The van der Waals surface area contributed by atoms with Crippen molar-refractivity contribution < 1.29 is 27.3 Å². The highest BCUT2D eigenvalue weighted by molar-refractivity contribution is 7.89. The van der Waals surface area contributed by atoms with E-state index in [1.54, 1.807) is 0 Å². The summed E-state index contributed by atoms with van der Waals surface area (Å²) in [5.41, 5.74) is 0.235. The molecule has 1 aliphatic rings. The Morgan fingerprint density at radius 1 is 1.50 bits per heavy atom. The molecule has 1 saturated heterocycles. The van der Waals surface area contributed by atoms with Crippen molar-refractivity contribution in [3.05, 3.63) is 24.1 Å². The molecule has 0 bridgehead atoms. The van der Waals surface area contributed by atoms with Gasteiger partial charge in [0.2, 0.25) is 10.0 Å². The van der Waals surface area contributed by atoms with E-state index in [9.17, 15) is 18.0 Å². The summed E-state index contributed by atoms with van der Waals surface area (Å²) >= 11 is 0. The average molecular weight is 385 g/mol. The Bertz CT molecular complexity index is 781. The molecule has 1 aromatic heterocycles. The summed E-state index contributed by atoms with van der Waals surface area (Å²) in [4.78, 5) is 24.2. The van der Waals surface area contributed by atoms with Crippen molar-refractivity contribution in [1.82, 2.24) is 14.8 Å². The first-order valence-electron chi connectivity index (χ1n) is 8.24. The summed E-state index contributed by atoms with van der Waals surface area (Å²) in [5, 5.41) is 6.19. The van der Waals surface area contributed by atoms with Gasteiger partial charge in [0.15, 0.2) is 11.9 Å². The van der Waals surface area contributed by atoms with E-state index in [0.717, 1.165) is 4.31 Å². The van der Waals surface area contributed by atoms with Crippen LogP contribution < -0.4 is 5.32 Å². The van der Waals surface area contributed by atoms with Crippen LogP contribution >= 0.6 is 0 Å². The van der Waals surface area contributed by atoms with Crippen molar-refractivity contribution in [2.45, 2.75) is 50.7 Å². The van der Waals surface area contributed by atoms with E-state index in [-0.39, 0.29) is 29.4 Å². The van der Waals surface area contributed by atoms with Gasteiger partial charge in [-0.05, 0) is 33.6 Å². The van der Waals surface area contributed by atoms with Gasteiger partial charge >= 0.3 is 5.97 Å². The lowest BCUT2D eigenvalue weighted by atomic mass is 10.2. The molecule has 0 aromatic carbocycles. The molecule has 10 heteroatoms. The summed E-state index contributed by atoms with van der Waals surface area (Å²) in [5.74, 6) is -1.06. The monoisotopic (exact) mass is 385 g/mol. The van der Waals surface area contributed by atoms with Crippen LogP contribution in [0.1, 0.15) is 31.2 Å². The number of ether oxygens (including phenoxy) is 1. The molecule has 1 fully saturated rings. The number of aromatic nitrogens is 1. The third-order valence-corrected chi connectivity index (χ3v) is 6.25. The highest BCUT2D eigenvalue weighted by Crippen LogP contribution is 2.30. The second-order valence-corrected chi connectivity index (χ2v) is 7.87. The molecule has 0 spiro atoms. The molecule has 1 amide bonds. The zero-order chi connectivity index (χ0) is 19.5. The Morgan fingerprint density at radius 3 is 2.77 bits per heavy atom. The fourth-order valence-electron chi connectivity index (χ4n) is 2.85. The number of nitrogens with zero attached hydrogens (tertiary/aromatic N) is 2. The number of esters is 1. The van der Waals surface area contributed by atoms with E-state index in [1.807, 2.05) is 0 Å². The van der Waals surface area contributed by atoms with Gasteiger partial charge in [-0.1, -0.05) is 11.2 Å². The Balaban J connectivity index is 2.16. The van der Waals surface area contributed by atoms with Gasteiger partial charge in [0.05, 0.1) is 0 Å². The smallest absolute Gasteiger partial charge is 0.325 e. The highest BCUT2D eigenvalue weighted by Gasteiger charge is 2.43. The van der Waals surface area contributed by atoms with Gasteiger partial charge in [-0.2, -0.15) is 4.31 Å². The first kappa shape index (κ1) is 20.1. The number of sulfonamides is 1. The van der Waals surface area contributed by atoms with Crippen LogP contribution in [0, 0.1) is 13.8 Å². The minimum absolute atomic E-state index is 0.0334. The Labute approximate surface area is 152 Å². The quantitative estimate of drug-likeness (QED) is 0.541. The van der Waals surface area contributed by atoms with Crippen molar-refractivity contribution >= 4 is 21.9 Å². The van der Waals surface area contributed by atoms with Gasteiger partial charge < -0.3 is 14.6 Å². The summed E-state index contributed by atoms with van der Waals surface area (Å²) in [6.07, 6.45) is 1.30. The molecule has 0 saturated carbocycles. The van der Waals surface area contributed by atoms with Gasteiger partial charge in [0.1, 0.15) is 16.6 Å². The lowest BCUT2D eigenvalue weighted by Crippen LogP contribution is -2.44. The van der Waals surface area contributed by atoms with Gasteiger partial charge in [-0.3, -0.25) is 9.59 Å².